The first-order valence-corrected chi connectivity index (χ1v) is 12.5. The molecule has 0 bridgehead atoms. The van der Waals surface area contributed by atoms with Gasteiger partial charge in [0.15, 0.2) is 5.01 Å². The van der Waals surface area contributed by atoms with Gasteiger partial charge < -0.3 is 10.2 Å². The van der Waals surface area contributed by atoms with Crippen molar-refractivity contribution in [1.29, 1.82) is 0 Å². The topological polar surface area (TPSA) is 88.0 Å². The predicted octanol–water partition coefficient (Wildman–Crippen LogP) is 3.17. The minimum Gasteiger partial charge on any atom is -0.368 e. The van der Waals surface area contributed by atoms with Crippen LogP contribution >= 0.6 is 11.3 Å². The van der Waals surface area contributed by atoms with Crippen LogP contribution in [0.15, 0.2) is 23.2 Å². The van der Waals surface area contributed by atoms with Crippen LogP contribution in [0.25, 0.3) is 16.0 Å². The molecule has 32 heavy (non-hydrogen) atoms. The van der Waals surface area contributed by atoms with E-state index >= 15 is 0 Å². The van der Waals surface area contributed by atoms with Gasteiger partial charge in [-0.3, -0.25) is 0 Å². The van der Waals surface area contributed by atoms with Crippen LogP contribution in [0.4, 0.5) is 14.5 Å². The maximum Gasteiger partial charge on any atom is 0.291 e. The highest BCUT2D eigenvalue weighted by atomic mass is 32.2. The van der Waals surface area contributed by atoms with Crippen LogP contribution in [0.1, 0.15) is 45.0 Å². The van der Waals surface area contributed by atoms with Gasteiger partial charge in [-0.2, -0.15) is 5.10 Å². The first-order chi connectivity index (χ1) is 15.2. The highest BCUT2D eigenvalue weighted by Gasteiger charge is 2.39. The Morgan fingerprint density at radius 1 is 1.25 bits per heavy atom. The Morgan fingerprint density at radius 2 is 1.97 bits per heavy atom. The number of halogens is 2. The maximum absolute atomic E-state index is 13.2. The number of piperazine rings is 1. The molecule has 1 saturated heterocycles. The van der Waals surface area contributed by atoms with E-state index in [1.807, 2.05) is 6.07 Å². The molecule has 0 radical (unpaired) electrons. The van der Waals surface area contributed by atoms with Gasteiger partial charge in [0.05, 0.1) is 16.6 Å². The number of rotatable bonds is 6. The molecule has 5 rings (SSSR count). The molecule has 2 aliphatic rings. The fourth-order valence-electron chi connectivity index (χ4n) is 4.10. The van der Waals surface area contributed by atoms with Crippen molar-refractivity contribution in [3.8, 4) is 5.13 Å². The van der Waals surface area contributed by atoms with Crippen LogP contribution in [0.2, 0.25) is 0 Å². The molecule has 8 nitrogen and oxygen atoms in total. The average Bonchev–Trinajstić information content (AvgIpc) is 3.14. The molecule has 1 aliphatic carbocycles. The fourth-order valence-corrected chi connectivity index (χ4v) is 5.98. The predicted molar refractivity (Wildman–Crippen MR) is 121 cm³/mol. The molecule has 172 valence electrons. The van der Waals surface area contributed by atoms with Gasteiger partial charge in [-0.15, -0.1) is 10.2 Å². The van der Waals surface area contributed by atoms with Crippen molar-refractivity contribution in [3.63, 3.8) is 0 Å². The second-order valence-corrected chi connectivity index (χ2v) is 11.2. The lowest BCUT2D eigenvalue weighted by Gasteiger charge is -2.38. The van der Waals surface area contributed by atoms with E-state index in [1.54, 1.807) is 12.3 Å². The standard InChI is InChI=1S/C20H25F2N7OS2/c1-11-9-28(10-12(2)24-11)15-6-13(32(30)27-20(3)4-5-20)7-16-14(15)8-23-29(16)19-26-25-18(31-19)17(21)22/h6-8,11-12,17,24,27H,4-5,9-10H2,1-3H3. The molecule has 2 N–H and O–H groups in total. The summed E-state index contributed by atoms with van der Waals surface area (Å²) < 4.78 is 44.0. The molecule has 1 aliphatic heterocycles. The number of alkyl halides is 2. The first kappa shape index (κ1) is 21.8. The van der Waals surface area contributed by atoms with E-state index in [4.69, 9.17) is 0 Å². The minimum atomic E-state index is -2.69. The normalized spacial score (nSPS) is 23.8. The van der Waals surface area contributed by atoms with Crippen LogP contribution < -0.4 is 14.9 Å². The summed E-state index contributed by atoms with van der Waals surface area (Å²) in [6, 6.07) is 4.34. The fraction of sp³-hybridized carbons (Fsp3) is 0.550. The number of nitrogens with zero attached hydrogens (tertiary/aromatic N) is 5. The van der Waals surface area contributed by atoms with Crippen LogP contribution in [-0.4, -0.2) is 54.9 Å². The summed E-state index contributed by atoms with van der Waals surface area (Å²) in [7, 11) is -1.42. The summed E-state index contributed by atoms with van der Waals surface area (Å²) in [5, 5.41) is 16.2. The zero-order chi connectivity index (χ0) is 22.6. The van der Waals surface area contributed by atoms with Crippen LogP contribution in [0.3, 0.4) is 0 Å². The van der Waals surface area contributed by atoms with E-state index in [-0.39, 0.29) is 15.7 Å². The molecule has 3 heterocycles. The molecule has 3 atom stereocenters. The van der Waals surface area contributed by atoms with Gasteiger partial charge in [-0.25, -0.2) is 22.4 Å². The molecule has 0 amide bonds. The highest BCUT2D eigenvalue weighted by molar-refractivity contribution is 7.83. The lowest BCUT2D eigenvalue weighted by molar-refractivity contribution is 0.150. The van der Waals surface area contributed by atoms with E-state index < -0.39 is 17.4 Å². The summed E-state index contributed by atoms with van der Waals surface area (Å²) in [6.07, 6.45) is 1.00. The number of nitrogens with one attached hydrogen (secondary N) is 2. The Bertz CT molecular complexity index is 1170. The third-order valence-electron chi connectivity index (χ3n) is 5.89. The molecule has 3 unspecified atom stereocenters. The third-order valence-corrected chi connectivity index (χ3v) is 8.14. The van der Waals surface area contributed by atoms with Crippen molar-refractivity contribution < 1.29 is 13.0 Å². The smallest absolute Gasteiger partial charge is 0.291 e. The van der Waals surface area contributed by atoms with Gasteiger partial charge in [0.2, 0.25) is 5.13 Å². The number of hydrogen-bond acceptors (Lipinski definition) is 7. The summed E-state index contributed by atoms with van der Waals surface area (Å²) in [5.41, 5.74) is 1.49. The first-order valence-electron chi connectivity index (χ1n) is 10.6. The van der Waals surface area contributed by atoms with Gasteiger partial charge in [0, 0.05) is 41.8 Å². The molecule has 1 saturated carbocycles. The summed E-state index contributed by atoms with van der Waals surface area (Å²) >= 11 is 0.803. The number of fused-ring (bicyclic) bond motifs is 1. The molecule has 12 heteroatoms. The Kier molecular flexibility index (Phi) is 5.51. The van der Waals surface area contributed by atoms with E-state index in [2.05, 4.69) is 51.0 Å². The van der Waals surface area contributed by atoms with Gasteiger partial charge in [0.25, 0.3) is 6.43 Å². The van der Waals surface area contributed by atoms with Crippen LogP contribution in [0.5, 0.6) is 0 Å². The molecular formula is C20H25F2N7OS2. The maximum atomic E-state index is 13.2. The number of anilines is 1. The van der Waals surface area contributed by atoms with Crippen LogP contribution in [0, 0.1) is 0 Å². The van der Waals surface area contributed by atoms with Crippen molar-refractivity contribution >= 4 is 38.9 Å². The molecule has 2 aromatic heterocycles. The third kappa shape index (κ3) is 4.16. The van der Waals surface area contributed by atoms with E-state index in [0.29, 0.717) is 22.5 Å². The zero-order valence-corrected chi connectivity index (χ0v) is 19.6. The van der Waals surface area contributed by atoms with Gasteiger partial charge in [0.1, 0.15) is 11.0 Å². The van der Waals surface area contributed by atoms with Crippen molar-refractivity contribution in [1.82, 2.24) is 30.0 Å². The van der Waals surface area contributed by atoms with E-state index in [1.165, 1.54) is 4.68 Å². The van der Waals surface area contributed by atoms with Crippen molar-refractivity contribution in [2.75, 3.05) is 18.0 Å². The van der Waals surface area contributed by atoms with Crippen molar-refractivity contribution in [3.05, 3.63) is 23.3 Å². The molecule has 1 aromatic carbocycles. The SMILES string of the molecule is CC1CN(c2cc(S(=O)NC3(C)CC3)cc3c2cnn3-c2nnc(C(F)F)s2)CC(C)N1. The summed E-state index contributed by atoms with van der Waals surface area (Å²) in [6.45, 7) is 7.91. The van der Waals surface area contributed by atoms with Crippen molar-refractivity contribution in [2.24, 2.45) is 0 Å². The lowest BCUT2D eigenvalue weighted by atomic mass is 10.1. The van der Waals surface area contributed by atoms with E-state index in [9.17, 15) is 13.0 Å². The number of benzene rings is 1. The second kappa shape index (κ2) is 8.08. The quantitative estimate of drug-likeness (QED) is 0.562. The molecule has 2 fully saturated rings. The average molecular weight is 482 g/mol. The van der Waals surface area contributed by atoms with Gasteiger partial charge >= 0.3 is 0 Å². The number of aromatic nitrogens is 4. The summed E-state index contributed by atoms with van der Waals surface area (Å²) in [4.78, 5) is 2.89. The Labute approximate surface area is 191 Å². The monoisotopic (exact) mass is 481 g/mol. The molecule has 3 aromatic rings. The minimum absolute atomic E-state index is 0.107. The van der Waals surface area contributed by atoms with Gasteiger partial charge in [-0.05, 0) is 45.7 Å². The van der Waals surface area contributed by atoms with Gasteiger partial charge in [-0.1, -0.05) is 11.3 Å². The van der Waals surface area contributed by atoms with Crippen LogP contribution in [-0.2, 0) is 11.0 Å². The van der Waals surface area contributed by atoms with Crippen molar-refractivity contribution in [2.45, 2.75) is 62.6 Å². The summed E-state index contributed by atoms with van der Waals surface area (Å²) in [5.74, 6) is 0. The Hall–Kier alpha value is -2.02. The Morgan fingerprint density at radius 3 is 2.59 bits per heavy atom. The van der Waals surface area contributed by atoms with E-state index in [0.717, 1.165) is 48.3 Å². The highest BCUT2D eigenvalue weighted by Crippen LogP contribution is 2.37. The molecule has 0 spiro atoms. The molecular weight excluding hydrogens is 456 g/mol. The largest absolute Gasteiger partial charge is 0.368 e. The Balaban J connectivity index is 1.62. The number of hydrogen-bond donors (Lipinski definition) is 2. The zero-order valence-electron chi connectivity index (χ0n) is 18.0. The lowest BCUT2D eigenvalue weighted by Crippen LogP contribution is -2.54. The second-order valence-electron chi connectivity index (χ2n) is 8.96.